The summed E-state index contributed by atoms with van der Waals surface area (Å²) in [4.78, 5) is 0. The summed E-state index contributed by atoms with van der Waals surface area (Å²) in [6.45, 7) is 3.48. The van der Waals surface area contributed by atoms with Crippen molar-refractivity contribution in [1.29, 1.82) is 0 Å². The van der Waals surface area contributed by atoms with Crippen LogP contribution in [0.1, 0.15) is 13.3 Å². The third kappa shape index (κ3) is 1.70. The first-order chi connectivity index (χ1) is 3.39. The van der Waals surface area contributed by atoms with Gasteiger partial charge in [0.05, 0.1) is 0 Å². The molecule has 0 amide bonds. The highest BCUT2D eigenvalue weighted by Gasteiger charge is 2.05. The zero-order valence-corrected chi connectivity index (χ0v) is 5.42. The fourth-order valence-corrected chi connectivity index (χ4v) is 1.70. The monoisotopic (exact) mass is 117 g/mol. The SMILES string of the molecule is C[C@@H]1CCSNC1. The summed E-state index contributed by atoms with van der Waals surface area (Å²) in [6.07, 6.45) is 1.39. The summed E-state index contributed by atoms with van der Waals surface area (Å²) in [6, 6.07) is 0. The quantitative estimate of drug-likeness (QED) is 0.479. The maximum atomic E-state index is 3.25. The summed E-state index contributed by atoms with van der Waals surface area (Å²) in [5, 5.41) is 0. The molecule has 0 spiro atoms. The molecule has 1 fully saturated rings. The second-order valence-electron chi connectivity index (χ2n) is 2.09. The molecule has 1 atom stereocenters. The van der Waals surface area contributed by atoms with Crippen LogP contribution >= 0.6 is 11.9 Å². The van der Waals surface area contributed by atoms with Crippen molar-refractivity contribution in [2.75, 3.05) is 12.3 Å². The van der Waals surface area contributed by atoms with E-state index in [1.807, 2.05) is 11.9 Å². The van der Waals surface area contributed by atoms with E-state index in [2.05, 4.69) is 11.6 Å². The van der Waals surface area contributed by atoms with Gasteiger partial charge in [0.1, 0.15) is 0 Å². The smallest absolute Gasteiger partial charge is 0.00845 e. The van der Waals surface area contributed by atoms with Crippen LogP contribution < -0.4 is 4.72 Å². The minimum atomic E-state index is 0.904. The van der Waals surface area contributed by atoms with Gasteiger partial charge >= 0.3 is 0 Å². The van der Waals surface area contributed by atoms with Crippen LogP contribution in [-0.2, 0) is 0 Å². The molecular formula is C5H11NS. The van der Waals surface area contributed by atoms with Crippen LogP contribution in [-0.4, -0.2) is 12.3 Å². The summed E-state index contributed by atoms with van der Waals surface area (Å²) in [5.41, 5.74) is 0. The molecule has 1 saturated heterocycles. The first-order valence-electron chi connectivity index (χ1n) is 2.74. The van der Waals surface area contributed by atoms with Crippen molar-refractivity contribution in [1.82, 2.24) is 4.72 Å². The largest absolute Gasteiger partial charge is 0.264 e. The minimum Gasteiger partial charge on any atom is -0.264 e. The number of hydrogen-bond donors (Lipinski definition) is 1. The molecule has 1 aliphatic heterocycles. The van der Waals surface area contributed by atoms with Gasteiger partial charge in [-0.1, -0.05) is 18.9 Å². The molecule has 0 bridgehead atoms. The first kappa shape index (κ1) is 5.45. The summed E-state index contributed by atoms with van der Waals surface area (Å²) in [7, 11) is 0. The van der Waals surface area contributed by atoms with Gasteiger partial charge in [-0.15, -0.1) is 0 Å². The molecule has 0 saturated carbocycles. The van der Waals surface area contributed by atoms with Gasteiger partial charge in [-0.2, -0.15) is 0 Å². The van der Waals surface area contributed by atoms with E-state index in [9.17, 15) is 0 Å². The number of rotatable bonds is 0. The van der Waals surface area contributed by atoms with Crippen LogP contribution in [0, 0.1) is 5.92 Å². The fourth-order valence-electron chi connectivity index (χ4n) is 0.636. The lowest BCUT2D eigenvalue weighted by Crippen LogP contribution is -2.20. The molecule has 0 unspecified atom stereocenters. The van der Waals surface area contributed by atoms with Gasteiger partial charge in [0.2, 0.25) is 0 Å². The number of nitrogens with one attached hydrogen (secondary N) is 1. The lowest BCUT2D eigenvalue weighted by atomic mass is 10.1. The van der Waals surface area contributed by atoms with E-state index < -0.39 is 0 Å². The van der Waals surface area contributed by atoms with Crippen molar-refractivity contribution in [2.24, 2.45) is 5.92 Å². The van der Waals surface area contributed by atoms with Gasteiger partial charge in [0, 0.05) is 12.3 Å². The molecule has 1 heterocycles. The van der Waals surface area contributed by atoms with E-state index in [1.54, 1.807) is 0 Å². The minimum absolute atomic E-state index is 0.904. The summed E-state index contributed by atoms with van der Waals surface area (Å²) >= 11 is 1.85. The van der Waals surface area contributed by atoms with Crippen LogP contribution in [0.2, 0.25) is 0 Å². The molecule has 2 heteroatoms. The molecule has 1 rings (SSSR count). The van der Waals surface area contributed by atoms with Crippen LogP contribution in [0.4, 0.5) is 0 Å². The highest BCUT2D eigenvalue weighted by Crippen LogP contribution is 2.11. The van der Waals surface area contributed by atoms with Gasteiger partial charge in [-0.25, -0.2) is 0 Å². The first-order valence-corrected chi connectivity index (χ1v) is 3.73. The fraction of sp³-hybridized carbons (Fsp3) is 1.00. The van der Waals surface area contributed by atoms with E-state index in [1.165, 1.54) is 18.7 Å². The number of hydrogen-bond acceptors (Lipinski definition) is 2. The zero-order valence-electron chi connectivity index (χ0n) is 4.61. The molecule has 1 N–H and O–H groups in total. The van der Waals surface area contributed by atoms with Crippen molar-refractivity contribution in [3.05, 3.63) is 0 Å². The van der Waals surface area contributed by atoms with E-state index in [0.29, 0.717) is 0 Å². The van der Waals surface area contributed by atoms with Gasteiger partial charge in [-0.05, 0) is 12.3 Å². The normalized spacial score (nSPS) is 33.0. The van der Waals surface area contributed by atoms with Gasteiger partial charge in [0.15, 0.2) is 0 Å². The molecular weight excluding hydrogens is 106 g/mol. The topological polar surface area (TPSA) is 12.0 Å². The Balaban J connectivity index is 2.12. The zero-order chi connectivity index (χ0) is 5.11. The Hall–Kier alpha value is 0.310. The van der Waals surface area contributed by atoms with Crippen molar-refractivity contribution < 1.29 is 0 Å². The van der Waals surface area contributed by atoms with E-state index in [0.717, 1.165) is 5.92 Å². The van der Waals surface area contributed by atoms with Gasteiger partial charge in [-0.3, -0.25) is 4.72 Å². The molecule has 1 nitrogen and oxygen atoms in total. The Bertz CT molecular complexity index is 50.0. The van der Waals surface area contributed by atoms with Crippen molar-refractivity contribution >= 4 is 11.9 Å². The molecule has 0 aromatic rings. The van der Waals surface area contributed by atoms with Crippen LogP contribution in [0.25, 0.3) is 0 Å². The van der Waals surface area contributed by atoms with Crippen molar-refractivity contribution in [3.8, 4) is 0 Å². The van der Waals surface area contributed by atoms with Gasteiger partial charge < -0.3 is 0 Å². The molecule has 0 aromatic carbocycles. The van der Waals surface area contributed by atoms with Crippen LogP contribution in [0.15, 0.2) is 0 Å². The molecule has 42 valence electrons. The highest BCUT2D eigenvalue weighted by molar-refractivity contribution is 7.97. The predicted molar refractivity (Wildman–Crippen MR) is 34.2 cm³/mol. The van der Waals surface area contributed by atoms with E-state index >= 15 is 0 Å². The third-order valence-electron chi connectivity index (χ3n) is 1.25. The lowest BCUT2D eigenvalue weighted by Gasteiger charge is -2.16. The molecule has 0 aromatic heterocycles. The van der Waals surface area contributed by atoms with Crippen molar-refractivity contribution in [2.45, 2.75) is 13.3 Å². The molecule has 0 aliphatic carbocycles. The average molecular weight is 117 g/mol. The third-order valence-corrected chi connectivity index (χ3v) is 2.06. The maximum absolute atomic E-state index is 3.25. The average Bonchev–Trinajstić information content (AvgIpc) is 1.69. The highest BCUT2D eigenvalue weighted by atomic mass is 32.2. The Morgan fingerprint density at radius 2 is 2.57 bits per heavy atom. The maximum Gasteiger partial charge on any atom is 0.00845 e. The Labute approximate surface area is 49.0 Å². The van der Waals surface area contributed by atoms with Crippen molar-refractivity contribution in [3.63, 3.8) is 0 Å². The van der Waals surface area contributed by atoms with Crippen LogP contribution in [0.5, 0.6) is 0 Å². The molecule has 0 radical (unpaired) electrons. The lowest BCUT2D eigenvalue weighted by molar-refractivity contribution is 0.547. The molecule has 7 heavy (non-hydrogen) atoms. The Morgan fingerprint density at radius 3 is 2.86 bits per heavy atom. The van der Waals surface area contributed by atoms with Crippen LogP contribution in [0.3, 0.4) is 0 Å². The molecule has 1 aliphatic rings. The second-order valence-corrected chi connectivity index (χ2v) is 3.08. The van der Waals surface area contributed by atoms with Gasteiger partial charge in [0.25, 0.3) is 0 Å². The van der Waals surface area contributed by atoms with E-state index in [-0.39, 0.29) is 0 Å². The second kappa shape index (κ2) is 2.58. The Morgan fingerprint density at radius 1 is 1.71 bits per heavy atom. The summed E-state index contributed by atoms with van der Waals surface area (Å²) in [5.74, 6) is 2.20. The standard InChI is InChI=1S/C5H11NS/c1-5-2-3-7-6-4-5/h5-6H,2-4H2,1H3/t5-/m1/s1. The summed E-state index contributed by atoms with van der Waals surface area (Å²) < 4.78 is 3.25. The Kier molecular flexibility index (Phi) is 2.00. The predicted octanol–water partition coefficient (Wildman–Crippen LogP) is 1.26. The van der Waals surface area contributed by atoms with E-state index in [4.69, 9.17) is 0 Å².